The lowest BCUT2D eigenvalue weighted by Gasteiger charge is -2.33. The van der Waals surface area contributed by atoms with Gasteiger partial charge in [-0.1, -0.05) is 12.1 Å². The average Bonchev–Trinajstić information content (AvgIpc) is 2.77. The van der Waals surface area contributed by atoms with E-state index in [1.165, 1.54) is 5.56 Å². The zero-order valence-electron chi connectivity index (χ0n) is 17.5. The first kappa shape index (κ1) is 21.1. The van der Waals surface area contributed by atoms with E-state index in [1.54, 1.807) is 4.90 Å². The Balaban J connectivity index is 1.22. The quantitative estimate of drug-likeness (QED) is 0.644. The molecule has 1 aromatic carbocycles. The lowest BCUT2D eigenvalue weighted by atomic mass is 9.89. The normalized spacial score (nSPS) is 18.7. The average molecular weight is 473 g/mol. The van der Waals surface area contributed by atoms with Crippen LogP contribution in [0.25, 0.3) is 0 Å². The monoisotopic (exact) mass is 472 g/mol. The van der Waals surface area contributed by atoms with Gasteiger partial charge in [0.05, 0.1) is 6.54 Å². The molecule has 0 aliphatic carbocycles. The van der Waals surface area contributed by atoms with Crippen LogP contribution < -0.4 is 9.64 Å². The fourth-order valence-corrected chi connectivity index (χ4v) is 4.36. The van der Waals surface area contributed by atoms with Gasteiger partial charge in [0.2, 0.25) is 5.91 Å². The molecule has 0 bridgehead atoms. The highest BCUT2D eigenvalue weighted by atomic mass is 79.9. The van der Waals surface area contributed by atoms with Gasteiger partial charge in [-0.15, -0.1) is 0 Å². The molecule has 4 rings (SSSR count). The van der Waals surface area contributed by atoms with Gasteiger partial charge < -0.3 is 14.5 Å². The van der Waals surface area contributed by atoms with Crippen LogP contribution in [0.1, 0.15) is 24.3 Å². The number of carbonyl (C=O) groups is 1. The first-order valence-corrected chi connectivity index (χ1v) is 11.4. The Morgan fingerprint density at radius 1 is 1.07 bits per heavy atom. The first-order valence-electron chi connectivity index (χ1n) is 10.6. The van der Waals surface area contributed by atoms with Crippen molar-refractivity contribution in [1.29, 1.82) is 0 Å². The van der Waals surface area contributed by atoms with Crippen molar-refractivity contribution in [3.8, 4) is 5.75 Å². The van der Waals surface area contributed by atoms with E-state index >= 15 is 0 Å². The number of hydrogen-bond donors (Lipinski definition) is 0. The van der Waals surface area contributed by atoms with Gasteiger partial charge in [0.15, 0.2) is 0 Å². The second-order valence-electron chi connectivity index (χ2n) is 8.10. The van der Waals surface area contributed by atoms with Gasteiger partial charge in [-0.3, -0.25) is 9.69 Å². The van der Waals surface area contributed by atoms with Crippen LogP contribution in [0.3, 0.4) is 0 Å². The second-order valence-corrected chi connectivity index (χ2v) is 9.02. The minimum absolute atomic E-state index is 0.188. The maximum Gasteiger partial charge on any atom is 0.236 e. The van der Waals surface area contributed by atoms with Crippen molar-refractivity contribution in [2.45, 2.75) is 18.8 Å². The standard InChI is InChI=1S/C23H29BrN4O2/c1-26-12-13-27(17-23(26)29)14-15-30-21-5-2-18(3-6-21)19-8-10-28(11-9-19)22-7-4-20(24)16-25-22/h2-7,16,19H,8-15,17H2,1H3. The molecular weight excluding hydrogens is 444 g/mol. The molecule has 2 aliphatic rings. The van der Waals surface area contributed by atoms with Crippen molar-refractivity contribution < 1.29 is 9.53 Å². The summed E-state index contributed by atoms with van der Waals surface area (Å²) >= 11 is 3.45. The third-order valence-corrected chi connectivity index (χ3v) is 6.56. The number of piperazine rings is 1. The van der Waals surface area contributed by atoms with Crippen LogP contribution >= 0.6 is 15.9 Å². The molecule has 30 heavy (non-hydrogen) atoms. The van der Waals surface area contributed by atoms with Crippen molar-refractivity contribution in [3.05, 3.63) is 52.6 Å². The Kier molecular flexibility index (Phi) is 6.89. The van der Waals surface area contributed by atoms with Crippen LogP contribution in [0, 0.1) is 0 Å². The Bertz CT molecular complexity index is 835. The van der Waals surface area contributed by atoms with Crippen molar-refractivity contribution >= 4 is 27.7 Å². The summed E-state index contributed by atoms with van der Waals surface area (Å²) in [6.07, 6.45) is 4.13. The van der Waals surface area contributed by atoms with E-state index in [9.17, 15) is 4.79 Å². The van der Waals surface area contributed by atoms with E-state index in [1.807, 2.05) is 13.2 Å². The van der Waals surface area contributed by atoms with E-state index < -0.39 is 0 Å². The summed E-state index contributed by atoms with van der Waals surface area (Å²) in [5, 5.41) is 0. The maximum absolute atomic E-state index is 11.8. The van der Waals surface area contributed by atoms with E-state index in [-0.39, 0.29) is 5.91 Å². The number of pyridine rings is 1. The van der Waals surface area contributed by atoms with Crippen molar-refractivity contribution in [3.63, 3.8) is 0 Å². The Morgan fingerprint density at radius 2 is 1.83 bits per heavy atom. The molecule has 2 aliphatic heterocycles. The molecule has 160 valence electrons. The highest BCUT2D eigenvalue weighted by molar-refractivity contribution is 9.10. The third kappa shape index (κ3) is 5.32. The van der Waals surface area contributed by atoms with E-state index in [4.69, 9.17) is 4.74 Å². The van der Waals surface area contributed by atoms with Crippen LogP contribution in [0.4, 0.5) is 5.82 Å². The summed E-state index contributed by atoms with van der Waals surface area (Å²) in [6, 6.07) is 12.7. The highest BCUT2D eigenvalue weighted by Gasteiger charge is 2.22. The molecule has 1 amide bonds. The maximum atomic E-state index is 11.8. The number of benzene rings is 1. The molecule has 1 aromatic heterocycles. The van der Waals surface area contributed by atoms with Gasteiger partial charge in [0, 0.05) is 50.4 Å². The minimum Gasteiger partial charge on any atom is -0.492 e. The zero-order chi connectivity index (χ0) is 20.9. The summed E-state index contributed by atoms with van der Waals surface area (Å²) < 4.78 is 6.93. The van der Waals surface area contributed by atoms with Crippen molar-refractivity contribution in [1.82, 2.24) is 14.8 Å². The number of aromatic nitrogens is 1. The SMILES string of the molecule is CN1CCN(CCOc2ccc(C3CCN(c4ccc(Br)cn4)CC3)cc2)CC1=O. The number of ether oxygens (including phenoxy) is 1. The topological polar surface area (TPSA) is 48.9 Å². The lowest BCUT2D eigenvalue weighted by molar-refractivity contribution is -0.134. The fraction of sp³-hybridized carbons (Fsp3) is 0.478. The van der Waals surface area contributed by atoms with Gasteiger partial charge in [0.25, 0.3) is 0 Å². The predicted molar refractivity (Wildman–Crippen MR) is 122 cm³/mol. The van der Waals surface area contributed by atoms with Crippen LogP contribution in [-0.4, -0.2) is 73.6 Å². The molecule has 0 saturated carbocycles. The Morgan fingerprint density at radius 3 is 2.50 bits per heavy atom. The molecular formula is C23H29BrN4O2. The Labute approximate surface area is 186 Å². The number of likely N-dealkylation sites (N-methyl/N-ethyl adjacent to an activating group) is 1. The van der Waals surface area contributed by atoms with Gasteiger partial charge >= 0.3 is 0 Å². The zero-order valence-corrected chi connectivity index (χ0v) is 19.1. The molecule has 0 spiro atoms. The van der Waals surface area contributed by atoms with Gasteiger partial charge in [0.1, 0.15) is 18.2 Å². The number of rotatable bonds is 6. The summed E-state index contributed by atoms with van der Waals surface area (Å²) in [5.41, 5.74) is 1.38. The van der Waals surface area contributed by atoms with Crippen molar-refractivity contribution in [2.24, 2.45) is 0 Å². The number of carbonyl (C=O) groups excluding carboxylic acids is 1. The second kappa shape index (κ2) is 9.79. The molecule has 7 heteroatoms. The Hall–Kier alpha value is -2.12. The molecule has 3 heterocycles. The van der Waals surface area contributed by atoms with Crippen LogP contribution in [-0.2, 0) is 4.79 Å². The van der Waals surface area contributed by atoms with E-state index in [0.717, 1.165) is 61.6 Å². The predicted octanol–water partition coefficient (Wildman–Crippen LogP) is 3.38. The lowest BCUT2D eigenvalue weighted by Crippen LogP contribution is -2.49. The molecule has 0 unspecified atom stereocenters. The van der Waals surface area contributed by atoms with E-state index in [2.05, 4.69) is 67.1 Å². The van der Waals surface area contributed by atoms with Gasteiger partial charge in [-0.25, -0.2) is 4.98 Å². The van der Waals surface area contributed by atoms with Crippen LogP contribution in [0.2, 0.25) is 0 Å². The molecule has 2 aromatic rings. The van der Waals surface area contributed by atoms with Crippen LogP contribution in [0.15, 0.2) is 47.1 Å². The molecule has 2 saturated heterocycles. The minimum atomic E-state index is 0.188. The number of halogens is 1. The number of amides is 1. The van der Waals surface area contributed by atoms with Gasteiger partial charge in [-0.05, 0) is 64.5 Å². The summed E-state index contributed by atoms with van der Waals surface area (Å²) in [7, 11) is 1.86. The molecule has 0 N–H and O–H groups in total. The van der Waals surface area contributed by atoms with Crippen molar-refractivity contribution in [2.75, 3.05) is 57.8 Å². The van der Waals surface area contributed by atoms with Gasteiger partial charge in [-0.2, -0.15) is 0 Å². The molecule has 2 fully saturated rings. The van der Waals surface area contributed by atoms with E-state index in [0.29, 0.717) is 19.1 Å². The largest absolute Gasteiger partial charge is 0.492 e. The molecule has 0 atom stereocenters. The number of anilines is 1. The summed E-state index contributed by atoms with van der Waals surface area (Å²) in [4.78, 5) is 22.6. The smallest absolute Gasteiger partial charge is 0.236 e. The first-order chi connectivity index (χ1) is 14.6. The third-order valence-electron chi connectivity index (χ3n) is 6.09. The highest BCUT2D eigenvalue weighted by Crippen LogP contribution is 2.31. The summed E-state index contributed by atoms with van der Waals surface area (Å²) in [6.45, 7) is 5.65. The summed E-state index contributed by atoms with van der Waals surface area (Å²) in [5.74, 6) is 2.73. The number of piperidine rings is 1. The number of hydrogen-bond acceptors (Lipinski definition) is 5. The van der Waals surface area contributed by atoms with Crippen LogP contribution in [0.5, 0.6) is 5.75 Å². The fourth-order valence-electron chi connectivity index (χ4n) is 4.12. The molecule has 6 nitrogen and oxygen atoms in total. The molecule has 0 radical (unpaired) electrons. The number of nitrogens with zero attached hydrogens (tertiary/aromatic N) is 4.